The summed E-state index contributed by atoms with van der Waals surface area (Å²) in [7, 11) is 0. The summed E-state index contributed by atoms with van der Waals surface area (Å²) in [5, 5.41) is 5.04. The van der Waals surface area contributed by atoms with E-state index < -0.39 is 0 Å². The minimum absolute atomic E-state index is 0.175. The largest absolute Gasteiger partial charge is 0.320 e. The van der Waals surface area contributed by atoms with Crippen LogP contribution in [0, 0.1) is 6.92 Å². The van der Waals surface area contributed by atoms with Gasteiger partial charge in [-0.2, -0.15) is 0 Å². The molecule has 1 heterocycles. The van der Waals surface area contributed by atoms with Crippen LogP contribution in [0.4, 0.5) is 5.69 Å². The molecule has 2 aromatic rings. The Hall–Kier alpha value is -1.20. The Morgan fingerprint density at radius 2 is 2.31 bits per heavy atom. The van der Waals surface area contributed by atoms with Crippen LogP contribution in [0.25, 0.3) is 0 Å². The molecule has 0 fully saturated rings. The summed E-state index contributed by atoms with van der Waals surface area (Å²) in [5.74, 6) is -0.175. The van der Waals surface area contributed by atoms with Crippen LogP contribution in [0.3, 0.4) is 0 Å². The molecular weight excluding hydrogens is 288 g/mol. The third kappa shape index (κ3) is 2.48. The van der Waals surface area contributed by atoms with E-state index in [1.807, 2.05) is 25.1 Å². The number of thiazole rings is 1. The zero-order valence-electron chi connectivity index (χ0n) is 8.53. The predicted octanol–water partition coefficient (Wildman–Crippen LogP) is 3.47. The van der Waals surface area contributed by atoms with Gasteiger partial charge in [0.15, 0.2) is 5.01 Å². The summed E-state index contributed by atoms with van der Waals surface area (Å²) in [6, 6.07) is 5.69. The fourth-order valence-corrected chi connectivity index (χ4v) is 2.10. The number of halogens is 1. The lowest BCUT2D eigenvalue weighted by molar-refractivity contribution is 0.102. The van der Waals surface area contributed by atoms with E-state index in [0.29, 0.717) is 5.01 Å². The summed E-state index contributed by atoms with van der Waals surface area (Å²) in [6.45, 7) is 2.00. The Morgan fingerprint density at radius 3 is 2.94 bits per heavy atom. The second-order valence-corrected chi connectivity index (χ2v) is 5.00. The fraction of sp³-hybridized carbons (Fsp3) is 0.0909. The number of rotatable bonds is 2. The van der Waals surface area contributed by atoms with Crippen molar-refractivity contribution in [2.45, 2.75) is 6.92 Å². The highest BCUT2D eigenvalue weighted by atomic mass is 79.9. The van der Waals surface area contributed by atoms with Crippen molar-refractivity contribution in [3.05, 3.63) is 44.8 Å². The third-order valence-corrected chi connectivity index (χ3v) is 3.68. The van der Waals surface area contributed by atoms with E-state index in [2.05, 4.69) is 26.2 Å². The Kier molecular flexibility index (Phi) is 3.36. The molecule has 0 aliphatic rings. The van der Waals surface area contributed by atoms with Crippen molar-refractivity contribution in [2.24, 2.45) is 0 Å². The smallest absolute Gasteiger partial charge is 0.284 e. The van der Waals surface area contributed by atoms with Gasteiger partial charge in [-0.15, -0.1) is 11.3 Å². The van der Waals surface area contributed by atoms with Crippen molar-refractivity contribution < 1.29 is 4.79 Å². The Balaban J connectivity index is 2.15. The predicted molar refractivity (Wildman–Crippen MR) is 68.9 cm³/mol. The molecule has 0 spiro atoms. The number of aryl methyl sites for hydroxylation is 1. The number of amides is 1. The molecule has 0 aliphatic heterocycles. The van der Waals surface area contributed by atoms with Gasteiger partial charge >= 0.3 is 0 Å². The van der Waals surface area contributed by atoms with Crippen molar-refractivity contribution in [1.82, 2.24) is 4.98 Å². The third-order valence-electron chi connectivity index (χ3n) is 2.06. The fourth-order valence-electron chi connectivity index (χ4n) is 1.19. The summed E-state index contributed by atoms with van der Waals surface area (Å²) >= 11 is 4.74. The molecule has 0 saturated heterocycles. The lowest BCUT2D eigenvalue weighted by atomic mass is 10.2. The van der Waals surface area contributed by atoms with E-state index in [0.717, 1.165) is 15.7 Å². The summed E-state index contributed by atoms with van der Waals surface area (Å²) in [5.41, 5.74) is 1.89. The maximum atomic E-state index is 11.7. The normalized spacial score (nSPS) is 10.1. The second kappa shape index (κ2) is 4.76. The zero-order valence-corrected chi connectivity index (χ0v) is 10.9. The molecule has 16 heavy (non-hydrogen) atoms. The molecule has 0 radical (unpaired) electrons. The van der Waals surface area contributed by atoms with Gasteiger partial charge in [-0.25, -0.2) is 4.98 Å². The average molecular weight is 297 g/mol. The molecule has 1 aromatic heterocycles. The maximum Gasteiger partial charge on any atom is 0.284 e. The maximum absolute atomic E-state index is 11.7. The first-order valence-corrected chi connectivity index (χ1v) is 6.31. The van der Waals surface area contributed by atoms with Gasteiger partial charge < -0.3 is 5.32 Å². The zero-order chi connectivity index (χ0) is 11.5. The number of hydrogen-bond donors (Lipinski definition) is 1. The van der Waals surface area contributed by atoms with Gasteiger partial charge in [-0.3, -0.25) is 4.79 Å². The van der Waals surface area contributed by atoms with E-state index in [1.54, 1.807) is 11.6 Å². The van der Waals surface area contributed by atoms with Crippen LogP contribution in [0.5, 0.6) is 0 Å². The standard InChI is InChI=1S/C11H9BrN2OS/c1-7-2-3-8(6-9(7)12)14-10(15)11-13-4-5-16-11/h2-6H,1H3,(H,14,15). The van der Waals surface area contributed by atoms with Gasteiger partial charge in [-0.05, 0) is 24.6 Å². The lowest BCUT2D eigenvalue weighted by Crippen LogP contribution is -2.11. The van der Waals surface area contributed by atoms with Crippen LogP contribution in [0.2, 0.25) is 0 Å². The molecule has 1 aromatic carbocycles. The van der Waals surface area contributed by atoms with Crippen LogP contribution in [0.15, 0.2) is 34.2 Å². The number of nitrogens with zero attached hydrogens (tertiary/aromatic N) is 1. The number of aromatic nitrogens is 1. The van der Waals surface area contributed by atoms with Crippen LogP contribution in [0.1, 0.15) is 15.4 Å². The molecule has 5 heteroatoms. The highest BCUT2D eigenvalue weighted by molar-refractivity contribution is 9.10. The van der Waals surface area contributed by atoms with Gasteiger partial charge in [-0.1, -0.05) is 22.0 Å². The SMILES string of the molecule is Cc1ccc(NC(=O)c2nccs2)cc1Br. The molecule has 0 saturated carbocycles. The second-order valence-electron chi connectivity index (χ2n) is 3.26. The molecule has 3 nitrogen and oxygen atoms in total. The molecule has 0 atom stereocenters. The lowest BCUT2D eigenvalue weighted by Gasteiger charge is -2.05. The first-order chi connectivity index (χ1) is 7.66. The number of nitrogens with one attached hydrogen (secondary N) is 1. The number of benzene rings is 1. The molecule has 2 rings (SSSR count). The minimum Gasteiger partial charge on any atom is -0.320 e. The van der Waals surface area contributed by atoms with E-state index in [4.69, 9.17) is 0 Å². The van der Waals surface area contributed by atoms with E-state index in [9.17, 15) is 4.79 Å². The van der Waals surface area contributed by atoms with Crippen LogP contribution in [-0.4, -0.2) is 10.9 Å². The van der Waals surface area contributed by atoms with Crippen LogP contribution in [-0.2, 0) is 0 Å². The van der Waals surface area contributed by atoms with E-state index >= 15 is 0 Å². The first-order valence-electron chi connectivity index (χ1n) is 4.64. The summed E-state index contributed by atoms with van der Waals surface area (Å²) < 4.78 is 0.976. The van der Waals surface area contributed by atoms with E-state index in [1.165, 1.54) is 11.3 Å². The highest BCUT2D eigenvalue weighted by Crippen LogP contribution is 2.21. The van der Waals surface area contributed by atoms with Crippen molar-refractivity contribution in [3.8, 4) is 0 Å². The molecule has 82 valence electrons. The van der Waals surface area contributed by atoms with Gasteiger partial charge in [0.2, 0.25) is 0 Å². The summed E-state index contributed by atoms with van der Waals surface area (Å²) in [4.78, 5) is 15.6. The highest BCUT2D eigenvalue weighted by Gasteiger charge is 2.08. The Labute approximate surface area is 106 Å². The van der Waals surface area contributed by atoms with Crippen molar-refractivity contribution in [1.29, 1.82) is 0 Å². The Bertz CT molecular complexity index is 511. The summed E-state index contributed by atoms with van der Waals surface area (Å²) in [6.07, 6.45) is 1.62. The van der Waals surface area contributed by atoms with Gasteiger partial charge in [0.25, 0.3) is 5.91 Å². The monoisotopic (exact) mass is 296 g/mol. The number of anilines is 1. The van der Waals surface area contributed by atoms with E-state index in [-0.39, 0.29) is 5.91 Å². The van der Waals surface area contributed by atoms with Crippen molar-refractivity contribution >= 4 is 38.9 Å². The molecule has 1 N–H and O–H groups in total. The van der Waals surface area contributed by atoms with Crippen molar-refractivity contribution in [3.63, 3.8) is 0 Å². The molecule has 0 bridgehead atoms. The quantitative estimate of drug-likeness (QED) is 0.922. The number of carbonyl (C=O) groups excluding carboxylic acids is 1. The first kappa shape index (κ1) is 11.3. The minimum atomic E-state index is -0.175. The molecule has 0 unspecified atom stereocenters. The number of carbonyl (C=O) groups is 1. The van der Waals surface area contributed by atoms with Crippen LogP contribution >= 0.6 is 27.3 Å². The van der Waals surface area contributed by atoms with Gasteiger partial charge in [0, 0.05) is 21.7 Å². The Morgan fingerprint density at radius 1 is 1.50 bits per heavy atom. The van der Waals surface area contributed by atoms with Gasteiger partial charge in [0.1, 0.15) is 0 Å². The van der Waals surface area contributed by atoms with Crippen molar-refractivity contribution in [2.75, 3.05) is 5.32 Å². The van der Waals surface area contributed by atoms with Gasteiger partial charge in [0.05, 0.1) is 0 Å². The molecular formula is C11H9BrN2OS. The molecule has 0 aliphatic carbocycles. The van der Waals surface area contributed by atoms with Crippen LogP contribution < -0.4 is 5.32 Å². The average Bonchev–Trinajstić information content (AvgIpc) is 2.77. The topological polar surface area (TPSA) is 42.0 Å². The molecule has 1 amide bonds. The number of hydrogen-bond acceptors (Lipinski definition) is 3.